The zero-order valence-corrected chi connectivity index (χ0v) is 13.3. The molecule has 0 bridgehead atoms. The van der Waals surface area contributed by atoms with Crippen LogP contribution in [-0.2, 0) is 10.1 Å². The van der Waals surface area contributed by atoms with Gasteiger partial charge in [0.2, 0.25) is 5.69 Å². The molecule has 0 aliphatic heterocycles. The number of rotatable bonds is 3. The van der Waals surface area contributed by atoms with Crippen LogP contribution in [0.1, 0.15) is 0 Å². The first-order valence-electron chi connectivity index (χ1n) is 6.08. The second kappa shape index (κ2) is 8.65. The maximum Gasteiger partial charge on any atom is 0.331 e. The van der Waals surface area contributed by atoms with Gasteiger partial charge in [-0.1, -0.05) is 0 Å². The molecule has 0 saturated heterocycles. The second-order valence-electron chi connectivity index (χ2n) is 4.35. The third kappa shape index (κ3) is 6.48. The summed E-state index contributed by atoms with van der Waals surface area (Å²) in [6.07, 6.45) is 0. The number of nitrogens with zero attached hydrogens (tertiary/aromatic N) is 2. The van der Waals surface area contributed by atoms with Crippen molar-refractivity contribution in [1.82, 2.24) is 0 Å². The number of nitrogens with two attached hydrogens (primary N) is 1. The smallest absolute Gasteiger partial charge is 0.331 e. The molecule has 0 spiro atoms. The number of quaternary nitrogens is 1. The van der Waals surface area contributed by atoms with Crippen LogP contribution < -0.4 is 11.5 Å². The molecule has 136 valence electrons. The molecule has 12 nitrogen and oxygen atoms in total. The molecule has 0 aliphatic carbocycles. The van der Waals surface area contributed by atoms with Crippen molar-refractivity contribution in [3.8, 4) is 0 Å². The Bertz CT molecular complexity index is 867. The predicted octanol–water partition coefficient (Wildman–Crippen LogP) is -0.275. The zero-order valence-electron chi connectivity index (χ0n) is 12.5. The van der Waals surface area contributed by atoms with Crippen molar-refractivity contribution in [2.75, 3.05) is 5.73 Å². The fourth-order valence-electron chi connectivity index (χ4n) is 1.49. The Labute approximate surface area is 141 Å². The van der Waals surface area contributed by atoms with E-state index in [1.807, 2.05) is 0 Å². The number of benzene rings is 2. The van der Waals surface area contributed by atoms with Gasteiger partial charge in [-0.3, -0.25) is 20.2 Å². The lowest BCUT2D eigenvalue weighted by atomic mass is 10.2. The third-order valence-corrected chi connectivity index (χ3v) is 3.49. The van der Waals surface area contributed by atoms with Gasteiger partial charge in [0.1, 0.15) is 10.1 Å². The molecule has 2 aromatic rings. The molecule has 0 fully saturated rings. The van der Waals surface area contributed by atoms with Crippen LogP contribution in [-0.4, -0.2) is 28.3 Å². The monoisotopic (exact) mass is 374 g/mol. The summed E-state index contributed by atoms with van der Waals surface area (Å²) in [4.78, 5) is 18.8. The highest BCUT2D eigenvalue weighted by Crippen LogP contribution is 2.21. The van der Waals surface area contributed by atoms with E-state index in [4.69, 9.17) is 5.73 Å². The minimum atomic E-state index is -4.52. The first-order chi connectivity index (χ1) is 11.0. The van der Waals surface area contributed by atoms with Gasteiger partial charge < -0.3 is 21.5 Å². The van der Waals surface area contributed by atoms with Crippen molar-refractivity contribution in [2.24, 2.45) is 0 Å². The van der Waals surface area contributed by atoms with Gasteiger partial charge in [0.25, 0.3) is 5.69 Å². The van der Waals surface area contributed by atoms with Gasteiger partial charge in [-0.2, -0.15) is 0 Å². The van der Waals surface area contributed by atoms with Gasteiger partial charge >= 0.3 is 5.69 Å². The topological polar surface area (TPSA) is 229 Å². The lowest BCUT2D eigenvalue weighted by Crippen LogP contribution is -2.40. The fourth-order valence-corrected chi connectivity index (χ4v) is 1.95. The average molecular weight is 374 g/mol. The van der Waals surface area contributed by atoms with E-state index in [0.29, 0.717) is 11.4 Å². The molecule has 0 aliphatic rings. The number of anilines is 1. The van der Waals surface area contributed by atoms with E-state index >= 15 is 0 Å². The Morgan fingerprint density at radius 3 is 1.84 bits per heavy atom. The number of non-ortho nitro benzene ring substituents is 1. The summed E-state index contributed by atoms with van der Waals surface area (Å²) in [6.45, 7) is 0. The van der Waals surface area contributed by atoms with E-state index < -0.39 is 24.9 Å². The molecule has 0 heterocycles. The van der Waals surface area contributed by atoms with Crippen molar-refractivity contribution >= 4 is 32.9 Å². The summed E-state index contributed by atoms with van der Waals surface area (Å²) >= 11 is 0. The van der Waals surface area contributed by atoms with E-state index in [1.54, 1.807) is 6.07 Å². The van der Waals surface area contributed by atoms with Crippen molar-refractivity contribution in [3.05, 3.63) is 62.7 Å². The van der Waals surface area contributed by atoms with E-state index in [9.17, 15) is 33.2 Å². The molecule has 0 atom stereocenters. The predicted molar refractivity (Wildman–Crippen MR) is 84.7 cm³/mol. The minimum Gasteiger partial charge on any atom is -0.744 e. The van der Waals surface area contributed by atoms with Gasteiger partial charge in [0, 0.05) is 30.0 Å². The van der Waals surface area contributed by atoms with Crippen LogP contribution in [0.25, 0.3) is 0 Å². The average Bonchev–Trinajstić information content (AvgIpc) is 2.49. The quantitative estimate of drug-likeness (QED) is 0.313. The summed E-state index contributed by atoms with van der Waals surface area (Å²) in [5.41, 5.74) is 9.28. The van der Waals surface area contributed by atoms with Crippen molar-refractivity contribution in [1.29, 1.82) is 0 Å². The Hall–Kier alpha value is -3.13. The van der Waals surface area contributed by atoms with Crippen LogP contribution in [0.15, 0.2) is 47.4 Å². The molecule has 0 radical (unpaired) electrons. The van der Waals surface area contributed by atoms with E-state index in [-0.39, 0.29) is 16.9 Å². The van der Waals surface area contributed by atoms with Gasteiger partial charge in [-0.25, -0.2) is 8.42 Å². The Morgan fingerprint density at radius 2 is 1.48 bits per heavy atom. The van der Waals surface area contributed by atoms with Crippen LogP contribution in [0.5, 0.6) is 0 Å². The van der Waals surface area contributed by atoms with Gasteiger partial charge in [-0.05, 0) is 18.2 Å². The molecule has 0 saturated carbocycles. The number of nitro groups is 2. The number of hydrogen-bond donors (Lipinski definition) is 2. The maximum atomic E-state index is 10.4. The maximum absolute atomic E-state index is 10.4. The highest BCUT2D eigenvalue weighted by Gasteiger charge is 2.13. The van der Waals surface area contributed by atoms with E-state index in [0.717, 1.165) is 24.3 Å². The largest absolute Gasteiger partial charge is 0.744 e. The molecule has 25 heavy (non-hydrogen) atoms. The second-order valence-corrected chi connectivity index (χ2v) is 5.73. The van der Waals surface area contributed by atoms with E-state index in [2.05, 4.69) is 5.73 Å². The Morgan fingerprint density at radius 1 is 0.960 bits per heavy atom. The minimum absolute atomic E-state index is 0. The summed E-state index contributed by atoms with van der Waals surface area (Å²) < 4.78 is 31.2. The van der Waals surface area contributed by atoms with Crippen LogP contribution in [0.2, 0.25) is 0 Å². The summed E-state index contributed by atoms with van der Waals surface area (Å²) in [5, 5.41) is 20.4. The standard InChI is InChI=1S/C6H7N3O2.C6H5NO5S.H2O/c7-4-1-2-5(8)6(3-4)9(10)11;8-7(9)5-1-3-6(4-2-5)13(10,11)12;/h1-3H,7-8H2;1-4H,(H,10,11,12);1H2. The van der Waals surface area contributed by atoms with Crippen LogP contribution in [0.4, 0.5) is 22.7 Å². The molecule has 0 amide bonds. The van der Waals surface area contributed by atoms with Gasteiger partial charge in [0.05, 0.1) is 14.7 Å². The van der Waals surface area contributed by atoms with Crippen LogP contribution >= 0.6 is 0 Å². The van der Waals surface area contributed by atoms with Crippen molar-refractivity contribution in [2.45, 2.75) is 4.90 Å². The molecule has 2 aromatic carbocycles. The number of nitro benzene ring substituents is 2. The lowest BCUT2D eigenvalue weighted by Gasteiger charge is -2.04. The Kier molecular flexibility index (Phi) is 7.56. The normalized spacial score (nSPS) is 10.0. The molecule has 0 aromatic heterocycles. The molecule has 7 N–H and O–H groups in total. The van der Waals surface area contributed by atoms with Crippen molar-refractivity contribution < 1.29 is 34.0 Å². The lowest BCUT2D eigenvalue weighted by molar-refractivity contribution is -0.395. The van der Waals surface area contributed by atoms with Crippen LogP contribution in [0, 0.1) is 20.2 Å². The van der Waals surface area contributed by atoms with Crippen LogP contribution in [0.3, 0.4) is 0 Å². The highest BCUT2D eigenvalue weighted by atomic mass is 32.2. The summed E-state index contributed by atoms with van der Waals surface area (Å²) in [5.74, 6) is 0. The molecular weight excluding hydrogens is 360 g/mol. The third-order valence-electron chi connectivity index (χ3n) is 2.64. The first kappa shape index (κ1) is 21.9. The molecule has 0 unspecified atom stereocenters. The van der Waals surface area contributed by atoms with Crippen molar-refractivity contribution in [3.63, 3.8) is 0 Å². The molecule has 13 heteroatoms. The van der Waals surface area contributed by atoms with Gasteiger partial charge in [0.15, 0.2) is 0 Å². The molecular formula is C12H14N4O8S. The highest BCUT2D eigenvalue weighted by molar-refractivity contribution is 7.85. The molecule has 2 rings (SSSR count). The number of hydrogen-bond acceptors (Lipinski definition) is 8. The summed E-state index contributed by atoms with van der Waals surface area (Å²) in [7, 11) is -4.52. The zero-order chi connectivity index (χ0) is 18.5. The Balaban J connectivity index is 0.000000449. The first-order valence-corrected chi connectivity index (χ1v) is 7.49. The van der Waals surface area contributed by atoms with E-state index in [1.165, 1.54) is 12.1 Å². The number of nitrogen functional groups attached to an aromatic ring is 1. The SMILES string of the molecule is Nc1ccc([NH3+])c([N+](=O)[O-])c1.O.O=[N+]([O-])c1ccc(S(=O)(=O)[O-])cc1. The van der Waals surface area contributed by atoms with Gasteiger partial charge in [-0.15, -0.1) is 0 Å². The fraction of sp³-hybridized carbons (Fsp3) is 0. The summed E-state index contributed by atoms with van der Waals surface area (Å²) in [6, 6.07) is 8.13.